The predicted molar refractivity (Wildman–Crippen MR) is 114 cm³/mol. The van der Waals surface area contributed by atoms with Crippen LogP contribution in [0.25, 0.3) is 0 Å². The standard InChI is InChI=1S/C23H22N2O4S/c26-23(24-16-20-13-18-9-4-5-12-22(18)29-20)19-10-6-11-21(14-19)30(27,28)25-15-17-7-2-1-3-8-17/h1-12,14,20,25H,13,15-16H2,(H,24,26). The van der Waals surface area contributed by atoms with Crippen LogP contribution in [0, 0.1) is 0 Å². The Morgan fingerprint density at radius 3 is 2.53 bits per heavy atom. The second-order valence-electron chi connectivity index (χ2n) is 7.10. The quantitative estimate of drug-likeness (QED) is 0.613. The summed E-state index contributed by atoms with van der Waals surface area (Å²) in [5.41, 5.74) is 2.26. The first-order valence-corrected chi connectivity index (χ1v) is 11.2. The molecule has 7 heteroatoms. The molecule has 1 heterocycles. The van der Waals surface area contributed by atoms with Crippen LogP contribution in [0.15, 0.2) is 83.8 Å². The van der Waals surface area contributed by atoms with E-state index >= 15 is 0 Å². The molecule has 0 spiro atoms. The Kier molecular flexibility index (Phi) is 5.83. The van der Waals surface area contributed by atoms with Crippen molar-refractivity contribution in [3.63, 3.8) is 0 Å². The molecule has 30 heavy (non-hydrogen) atoms. The van der Waals surface area contributed by atoms with Gasteiger partial charge in [0.25, 0.3) is 5.91 Å². The molecule has 0 bridgehead atoms. The number of carbonyl (C=O) groups is 1. The van der Waals surface area contributed by atoms with E-state index in [9.17, 15) is 13.2 Å². The zero-order valence-electron chi connectivity index (χ0n) is 16.2. The highest BCUT2D eigenvalue weighted by Crippen LogP contribution is 2.27. The summed E-state index contributed by atoms with van der Waals surface area (Å²) in [5, 5.41) is 2.83. The second-order valence-corrected chi connectivity index (χ2v) is 8.87. The molecule has 0 aromatic heterocycles. The lowest BCUT2D eigenvalue weighted by molar-refractivity contribution is 0.0933. The number of hydrogen-bond acceptors (Lipinski definition) is 4. The number of rotatable bonds is 7. The molecule has 4 rings (SSSR count). The molecule has 0 fully saturated rings. The van der Waals surface area contributed by atoms with Gasteiger partial charge in [0.1, 0.15) is 11.9 Å². The van der Waals surface area contributed by atoms with E-state index in [1.165, 1.54) is 12.1 Å². The summed E-state index contributed by atoms with van der Waals surface area (Å²) in [5.74, 6) is 0.504. The Morgan fingerprint density at radius 2 is 1.73 bits per heavy atom. The van der Waals surface area contributed by atoms with Crippen molar-refractivity contribution in [3.05, 3.63) is 95.6 Å². The van der Waals surface area contributed by atoms with E-state index in [0.717, 1.165) is 23.3 Å². The van der Waals surface area contributed by atoms with Crippen LogP contribution in [0.4, 0.5) is 0 Å². The van der Waals surface area contributed by atoms with Crippen molar-refractivity contribution >= 4 is 15.9 Å². The molecule has 6 nitrogen and oxygen atoms in total. The molecule has 0 saturated heterocycles. The minimum atomic E-state index is -3.74. The number of sulfonamides is 1. The molecule has 2 N–H and O–H groups in total. The molecule has 1 amide bonds. The maximum absolute atomic E-state index is 12.6. The van der Waals surface area contributed by atoms with Crippen LogP contribution in [0.1, 0.15) is 21.5 Å². The highest BCUT2D eigenvalue weighted by molar-refractivity contribution is 7.89. The van der Waals surface area contributed by atoms with Gasteiger partial charge in [0.05, 0.1) is 11.4 Å². The lowest BCUT2D eigenvalue weighted by Gasteiger charge is -2.13. The van der Waals surface area contributed by atoms with Gasteiger partial charge in [0.2, 0.25) is 10.0 Å². The topological polar surface area (TPSA) is 84.5 Å². The molecule has 0 radical (unpaired) electrons. The number of para-hydroxylation sites is 1. The molecule has 0 aliphatic carbocycles. The lowest BCUT2D eigenvalue weighted by Crippen LogP contribution is -2.34. The third kappa shape index (κ3) is 4.69. The number of amides is 1. The minimum Gasteiger partial charge on any atom is -0.488 e. The molecule has 3 aromatic carbocycles. The van der Waals surface area contributed by atoms with Crippen LogP contribution in [0.5, 0.6) is 5.75 Å². The number of benzene rings is 3. The van der Waals surface area contributed by atoms with E-state index in [1.807, 2.05) is 54.6 Å². The van der Waals surface area contributed by atoms with E-state index in [1.54, 1.807) is 12.1 Å². The minimum absolute atomic E-state index is 0.0515. The summed E-state index contributed by atoms with van der Waals surface area (Å²) in [6.45, 7) is 0.524. The Morgan fingerprint density at radius 1 is 0.967 bits per heavy atom. The fourth-order valence-corrected chi connectivity index (χ4v) is 4.40. The fraction of sp³-hybridized carbons (Fsp3) is 0.174. The average Bonchev–Trinajstić information content (AvgIpc) is 3.20. The summed E-state index contributed by atoms with van der Waals surface area (Å²) < 4.78 is 33.6. The van der Waals surface area contributed by atoms with Crippen LogP contribution in [-0.4, -0.2) is 27.0 Å². The van der Waals surface area contributed by atoms with Crippen LogP contribution in [0.3, 0.4) is 0 Å². The molecule has 1 unspecified atom stereocenters. The maximum Gasteiger partial charge on any atom is 0.251 e. The first-order chi connectivity index (χ1) is 14.5. The molecule has 3 aromatic rings. The first-order valence-electron chi connectivity index (χ1n) is 9.68. The molecule has 0 saturated carbocycles. The Labute approximate surface area is 176 Å². The van der Waals surface area contributed by atoms with Gasteiger partial charge in [-0.1, -0.05) is 54.6 Å². The number of hydrogen-bond donors (Lipinski definition) is 2. The smallest absolute Gasteiger partial charge is 0.251 e. The molecular weight excluding hydrogens is 400 g/mol. The highest BCUT2D eigenvalue weighted by Gasteiger charge is 2.23. The zero-order valence-corrected chi connectivity index (χ0v) is 17.1. The second kappa shape index (κ2) is 8.69. The van der Waals surface area contributed by atoms with Crippen LogP contribution >= 0.6 is 0 Å². The summed E-state index contributed by atoms with van der Waals surface area (Å²) in [6.07, 6.45) is 0.597. The largest absolute Gasteiger partial charge is 0.488 e. The van der Waals surface area contributed by atoms with Gasteiger partial charge in [-0.05, 0) is 35.4 Å². The van der Waals surface area contributed by atoms with Crippen molar-refractivity contribution in [2.75, 3.05) is 6.54 Å². The van der Waals surface area contributed by atoms with E-state index in [-0.39, 0.29) is 29.0 Å². The van der Waals surface area contributed by atoms with Gasteiger partial charge in [-0.3, -0.25) is 4.79 Å². The summed E-state index contributed by atoms with van der Waals surface area (Å²) in [7, 11) is -3.74. The monoisotopic (exact) mass is 422 g/mol. The van der Waals surface area contributed by atoms with Crippen molar-refractivity contribution in [2.45, 2.75) is 24.0 Å². The van der Waals surface area contributed by atoms with Crippen LogP contribution in [0.2, 0.25) is 0 Å². The van der Waals surface area contributed by atoms with Crippen molar-refractivity contribution in [2.24, 2.45) is 0 Å². The van der Waals surface area contributed by atoms with Gasteiger partial charge in [-0.2, -0.15) is 0 Å². The summed E-state index contributed by atoms with van der Waals surface area (Å²) in [6, 6.07) is 23.1. The lowest BCUT2D eigenvalue weighted by atomic mass is 10.1. The van der Waals surface area contributed by atoms with Gasteiger partial charge in [0.15, 0.2) is 0 Å². The van der Waals surface area contributed by atoms with Gasteiger partial charge in [-0.15, -0.1) is 0 Å². The molecular formula is C23H22N2O4S. The number of fused-ring (bicyclic) bond motifs is 1. The number of nitrogens with one attached hydrogen (secondary N) is 2. The molecule has 154 valence electrons. The van der Waals surface area contributed by atoms with Gasteiger partial charge < -0.3 is 10.1 Å². The Hall–Kier alpha value is -3.16. The van der Waals surface area contributed by atoms with Gasteiger partial charge in [-0.25, -0.2) is 13.1 Å². The third-order valence-corrected chi connectivity index (χ3v) is 6.32. The summed E-state index contributed by atoms with van der Waals surface area (Å²) >= 11 is 0. The van der Waals surface area contributed by atoms with E-state index < -0.39 is 10.0 Å². The van der Waals surface area contributed by atoms with Crippen molar-refractivity contribution in [3.8, 4) is 5.75 Å². The van der Waals surface area contributed by atoms with Crippen molar-refractivity contribution in [1.29, 1.82) is 0 Å². The van der Waals surface area contributed by atoms with Crippen LogP contribution in [-0.2, 0) is 23.0 Å². The molecule has 1 aliphatic heterocycles. The van der Waals surface area contributed by atoms with E-state index in [0.29, 0.717) is 6.54 Å². The fourth-order valence-electron chi connectivity index (χ4n) is 3.34. The third-order valence-electron chi connectivity index (χ3n) is 4.92. The number of ether oxygens (including phenoxy) is 1. The van der Waals surface area contributed by atoms with Crippen molar-refractivity contribution < 1.29 is 17.9 Å². The molecule has 1 aliphatic rings. The van der Waals surface area contributed by atoms with E-state index in [4.69, 9.17) is 4.74 Å². The Bertz CT molecular complexity index is 1120. The van der Waals surface area contributed by atoms with Crippen LogP contribution < -0.4 is 14.8 Å². The average molecular weight is 423 g/mol. The summed E-state index contributed by atoms with van der Waals surface area (Å²) in [4.78, 5) is 12.6. The van der Waals surface area contributed by atoms with Crippen molar-refractivity contribution in [1.82, 2.24) is 10.0 Å². The first kappa shape index (κ1) is 20.1. The van der Waals surface area contributed by atoms with Gasteiger partial charge in [0, 0.05) is 18.5 Å². The Balaban J connectivity index is 1.37. The van der Waals surface area contributed by atoms with Gasteiger partial charge >= 0.3 is 0 Å². The maximum atomic E-state index is 12.6. The SMILES string of the molecule is O=C(NCC1Cc2ccccc2O1)c1cccc(S(=O)(=O)NCc2ccccc2)c1. The van der Waals surface area contributed by atoms with E-state index in [2.05, 4.69) is 10.0 Å². The number of carbonyl (C=O) groups excluding carboxylic acids is 1. The predicted octanol–water partition coefficient (Wildman–Crippen LogP) is 2.90. The highest BCUT2D eigenvalue weighted by atomic mass is 32.2. The normalized spacial score (nSPS) is 15.3. The zero-order chi connectivity index (χ0) is 21.0. The molecule has 1 atom stereocenters.